The van der Waals surface area contributed by atoms with Gasteiger partial charge in [-0.05, 0) is 43.4 Å². The maximum atomic E-state index is 5.92. The molecule has 15 heavy (non-hydrogen) atoms. The van der Waals surface area contributed by atoms with E-state index in [2.05, 4.69) is 37.4 Å². The first kappa shape index (κ1) is 11.0. The van der Waals surface area contributed by atoms with Crippen LogP contribution in [0.1, 0.15) is 29.5 Å². The van der Waals surface area contributed by atoms with Gasteiger partial charge in [0.2, 0.25) is 0 Å². The van der Waals surface area contributed by atoms with Gasteiger partial charge in [0.1, 0.15) is 0 Å². The second kappa shape index (κ2) is 4.15. The molecule has 1 aromatic rings. The highest BCUT2D eigenvalue weighted by Crippen LogP contribution is 2.36. The summed E-state index contributed by atoms with van der Waals surface area (Å²) in [6.45, 7) is 5.24. The molecule has 2 rings (SSSR count). The van der Waals surface area contributed by atoms with Crippen LogP contribution in [0.2, 0.25) is 0 Å². The van der Waals surface area contributed by atoms with E-state index in [1.165, 1.54) is 29.5 Å². The lowest BCUT2D eigenvalue weighted by Gasteiger charge is -2.14. The number of aryl methyl sites for hydroxylation is 2. The number of benzene rings is 1. The maximum absolute atomic E-state index is 5.92. The van der Waals surface area contributed by atoms with Crippen molar-refractivity contribution in [1.29, 1.82) is 0 Å². The Kier molecular flexibility index (Phi) is 3.03. The van der Waals surface area contributed by atoms with Crippen molar-refractivity contribution >= 4 is 11.6 Å². The quantitative estimate of drug-likeness (QED) is 0.774. The van der Waals surface area contributed by atoms with Crippen molar-refractivity contribution in [3.63, 3.8) is 0 Å². The van der Waals surface area contributed by atoms with E-state index in [1.807, 2.05) is 0 Å². The molecule has 0 atom stereocenters. The monoisotopic (exact) mass is 223 g/mol. The van der Waals surface area contributed by atoms with E-state index < -0.39 is 0 Å². The first-order valence-electron chi connectivity index (χ1n) is 5.52. The van der Waals surface area contributed by atoms with E-state index in [1.54, 1.807) is 0 Å². The second-order valence-electron chi connectivity index (χ2n) is 4.69. The molecule has 2 heteroatoms. The molecule has 1 saturated carbocycles. The van der Waals surface area contributed by atoms with Crippen LogP contribution < -0.4 is 5.32 Å². The Bertz CT molecular complexity index is 356. The first-order chi connectivity index (χ1) is 7.15. The fraction of sp³-hybridized carbons (Fsp3) is 0.538. The van der Waals surface area contributed by atoms with Crippen LogP contribution in [0.25, 0.3) is 0 Å². The zero-order valence-corrected chi connectivity index (χ0v) is 10.2. The summed E-state index contributed by atoms with van der Waals surface area (Å²) in [6.07, 6.45) is 2.45. The lowest BCUT2D eigenvalue weighted by molar-refractivity contribution is 0.542. The van der Waals surface area contributed by atoms with Crippen LogP contribution in [-0.2, 0) is 6.54 Å². The molecule has 1 aromatic carbocycles. The molecular formula is C13H18ClN. The largest absolute Gasteiger partial charge is 0.306 e. The molecular weight excluding hydrogens is 206 g/mol. The molecule has 1 aliphatic rings. The number of halogens is 1. The van der Waals surface area contributed by atoms with Crippen LogP contribution in [-0.4, -0.2) is 11.4 Å². The van der Waals surface area contributed by atoms with Crippen molar-refractivity contribution < 1.29 is 0 Å². The van der Waals surface area contributed by atoms with Crippen molar-refractivity contribution in [2.75, 3.05) is 5.88 Å². The molecule has 1 fully saturated rings. The zero-order valence-electron chi connectivity index (χ0n) is 9.44. The SMILES string of the molecule is Cc1ccc(CNC2(CCl)CC2)cc1C. The number of hydrogen-bond donors (Lipinski definition) is 1. The van der Waals surface area contributed by atoms with Gasteiger partial charge in [-0.1, -0.05) is 18.2 Å². The molecule has 0 unspecified atom stereocenters. The van der Waals surface area contributed by atoms with E-state index in [-0.39, 0.29) is 5.54 Å². The topological polar surface area (TPSA) is 12.0 Å². The summed E-state index contributed by atoms with van der Waals surface area (Å²) < 4.78 is 0. The molecule has 0 saturated heterocycles. The van der Waals surface area contributed by atoms with Gasteiger partial charge in [-0.3, -0.25) is 0 Å². The zero-order chi connectivity index (χ0) is 10.9. The molecule has 1 aliphatic carbocycles. The Labute approximate surface area is 96.8 Å². The first-order valence-corrected chi connectivity index (χ1v) is 6.06. The Balaban J connectivity index is 1.96. The van der Waals surface area contributed by atoms with Crippen molar-refractivity contribution in [1.82, 2.24) is 5.32 Å². The second-order valence-corrected chi connectivity index (χ2v) is 4.95. The normalized spacial score (nSPS) is 17.8. The Morgan fingerprint density at radius 3 is 2.53 bits per heavy atom. The Morgan fingerprint density at radius 1 is 1.27 bits per heavy atom. The molecule has 0 bridgehead atoms. The molecule has 1 N–H and O–H groups in total. The molecule has 0 aliphatic heterocycles. The van der Waals surface area contributed by atoms with Gasteiger partial charge in [0.05, 0.1) is 0 Å². The minimum absolute atomic E-state index is 0.250. The predicted molar refractivity (Wildman–Crippen MR) is 65.4 cm³/mol. The van der Waals surface area contributed by atoms with Crippen LogP contribution in [0.4, 0.5) is 0 Å². The third-order valence-corrected chi connectivity index (χ3v) is 3.86. The average Bonchev–Trinajstić information content (AvgIpc) is 3.01. The van der Waals surface area contributed by atoms with Gasteiger partial charge in [0, 0.05) is 18.0 Å². The van der Waals surface area contributed by atoms with Gasteiger partial charge in [0.15, 0.2) is 0 Å². The minimum Gasteiger partial charge on any atom is -0.306 e. The molecule has 1 nitrogen and oxygen atoms in total. The summed E-state index contributed by atoms with van der Waals surface area (Å²) in [7, 11) is 0. The van der Waals surface area contributed by atoms with Crippen molar-refractivity contribution in [3.05, 3.63) is 34.9 Å². The summed E-state index contributed by atoms with van der Waals surface area (Å²) >= 11 is 5.92. The highest BCUT2D eigenvalue weighted by molar-refractivity contribution is 6.18. The molecule has 0 heterocycles. The van der Waals surface area contributed by atoms with Crippen LogP contribution in [0.3, 0.4) is 0 Å². The van der Waals surface area contributed by atoms with Crippen molar-refractivity contribution in [3.8, 4) is 0 Å². The van der Waals surface area contributed by atoms with Gasteiger partial charge in [-0.25, -0.2) is 0 Å². The van der Waals surface area contributed by atoms with Crippen LogP contribution >= 0.6 is 11.6 Å². The number of alkyl halides is 1. The van der Waals surface area contributed by atoms with Crippen LogP contribution in [0, 0.1) is 13.8 Å². The van der Waals surface area contributed by atoms with Crippen LogP contribution in [0.5, 0.6) is 0 Å². The number of rotatable bonds is 4. The van der Waals surface area contributed by atoms with Crippen molar-refractivity contribution in [2.45, 2.75) is 38.8 Å². The fourth-order valence-electron chi connectivity index (χ4n) is 1.71. The van der Waals surface area contributed by atoms with Crippen molar-refractivity contribution in [2.24, 2.45) is 0 Å². The average molecular weight is 224 g/mol. The lowest BCUT2D eigenvalue weighted by Crippen LogP contribution is -2.32. The molecule has 0 spiro atoms. The Morgan fingerprint density at radius 2 is 2.00 bits per heavy atom. The molecule has 0 aromatic heterocycles. The number of hydrogen-bond acceptors (Lipinski definition) is 1. The third-order valence-electron chi connectivity index (χ3n) is 3.35. The van der Waals surface area contributed by atoms with Crippen LogP contribution in [0.15, 0.2) is 18.2 Å². The number of nitrogens with one attached hydrogen (secondary N) is 1. The summed E-state index contributed by atoms with van der Waals surface area (Å²) in [5, 5.41) is 3.55. The predicted octanol–water partition coefficient (Wildman–Crippen LogP) is 3.16. The molecule has 0 amide bonds. The Hall–Kier alpha value is -0.530. The van der Waals surface area contributed by atoms with Gasteiger partial charge in [-0.15, -0.1) is 11.6 Å². The highest BCUT2D eigenvalue weighted by atomic mass is 35.5. The minimum atomic E-state index is 0.250. The maximum Gasteiger partial charge on any atom is 0.0406 e. The third kappa shape index (κ3) is 2.53. The summed E-state index contributed by atoms with van der Waals surface area (Å²) in [5.74, 6) is 0.734. The standard InChI is InChI=1S/C13H18ClN/c1-10-3-4-12(7-11(10)2)8-15-13(9-14)5-6-13/h3-4,7,15H,5-6,8-9H2,1-2H3. The molecule has 0 radical (unpaired) electrons. The van der Waals surface area contributed by atoms with Gasteiger partial charge in [-0.2, -0.15) is 0 Å². The van der Waals surface area contributed by atoms with Gasteiger partial charge in [0.25, 0.3) is 0 Å². The van der Waals surface area contributed by atoms with Gasteiger partial charge >= 0.3 is 0 Å². The summed E-state index contributed by atoms with van der Waals surface area (Å²) in [6, 6.07) is 6.64. The highest BCUT2D eigenvalue weighted by Gasteiger charge is 2.40. The van der Waals surface area contributed by atoms with E-state index in [4.69, 9.17) is 11.6 Å². The fourth-order valence-corrected chi connectivity index (χ4v) is 2.07. The lowest BCUT2D eigenvalue weighted by atomic mass is 10.1. The summed E-state index contributed by atoms with van der Waals surface area (Å²) in [4.78, 5) is 0. The summed E-state index contributed by atoms with van der Waals surface area (Å²) in [5.41, 5.74) is 4.33. The van der Waals surface area contributed by atoms with E-state index in [9.17, 15) is 0 Å². The van der Waals surface area contributed by atoms with Gasteiger partial charge < -0.3 is 5.32 Å². The molecule has 82 valence electrons. The van der Waals surface area contributed by atoms with E-state index in [0.29, 0.717) is 0 Å². The van der Waals surface area contributed by atoms with E-state index >= 15 is 0 Å². The van der Waals surface area contributed by atoms with E-state index in [0.717, 1.165) is 12.4 Å². The smallest absolute Gasteiger partial charge is 0.0406 e.